The van der Waals surface area contributed by atoms with Crippen LogP contribution in [0.1, 0.15) is 37.8 Å². The van der Waals surface area contributed by atoms with Crippen molar-refractivity contribution in [3.8, 4) is 0 Å². The summed E-state index contributed by atoms with van der Waals surface area (Å²) < 4.78 is 6.80. The Kier molecular flexibility index (Phi) is 5.87. The predicted octanol–water partition coefficient (Wildman–Crippen LogP) is 5.18. The highest BCUT2D eigenvalue weighted by atomic mass is 32.2. The molecule has 1 aliphatic carbocycles. The molecule has 3 aromatic heterocycles. The van der Waals surface area contributed by atoms with Gasteiger partial charge in [0.1, 0.15) is 15.7 Å². The van der Waals surface area contributed by atoms with Gasteiger partial charge in [0.15, 0.2) is 5.16 Å². The molecule has 0 N–H and O–H groups in total. The summed E-state index contributed by atoms with van der Waals surface area (Å²) in [5, 5.41) is 3.32. The van der Waals surface area contributed by atoms with Gasteiger partial charge in [-0.05, 0) is 48.3 Å². The number of thioether (sulfide) groups is 2. The van der Waals surface area contributed by atoms with Crippen molar-refractivity contribution in [1.29, 1.82) is 0 Å². The average Bonchev–Trinajstić information content (AvgIpc) is 3.13. The van der Waals surface area contributed by atoms with E-state index in [2.05, 4.69) is 18.7 Å². The van der Waals surface area contributed by atoms with Gasteiger partial charge in [0.25, 0.3) is 0 Å². The fourth-order valence-electron chi connectivity index (χ4n) is 4.33. The Bertz CT molecular complexity index is 1050. The number of fused-ring (bicyclic) bond motifs is 5. The fourth-order valence-corrected chi connectivity index (χ4v) is 6.93. The van der Waals surface area contributed by atoms with Crippen LogP contribution in [0.2, 0.25) is 0 Å². The van der Waals surface area contributed by atoms with Gasteiger partial charge in [0.2, 0.25) is 0 Å². The molecule has 1 aliphatic heterocycles. The first-order valence-electron chi connectivity index (χ1n) is 10.5. The molecule has 5 rings (SSSR count). The number of morpholine rings is 1. The Balaban J connectivity index is 1.77. The summed E-state index contributed by atoms with van der Waals surface area (Å²) in [6.07, 6.45) is 4.77. The van der Waals surface area contributed by atoms with Gasteiger partial charge in [-0.15, -0.1) is 23.1 Å². The van der Waals surface area contributed by atoms with Crippen LogP contribution in [0, 0.1) is 0 Å². The van der Waals surface area contributed by atoms with Crippen LogP contribution in [0.3, 0.4) is 0 Å². The van der Waals surface area contributed by atoms with Gasteiger partial charge in [0.05, 0.1) is 23.4 Å². The molecule has 4 heterocycles. The van der Waals surface area contributed by atoms with Crippen LogP contribution in [0.4, 0.5) is 5.82 Å². The van der Waals surface area contributed by atoms with Gasteiger partial charge >= 0.3 is 0 Å². The lowest BCUT2D eigenvalue weighted by Crippen LogP contribution is -2.37. The lowest BCUT2D eigenvalue weighted by molar-refractivity contribution is 0.122. The minimum atomic E-state index is 0.793. The zero-order valence-electron chi connectivity index (χ0n) is 17.0. The zero-order valence-corrected chi connectivity index (χ0v) is 19.4. The Labute approximate surface area is 184 Å². The number of nitrogens with zero attached hydrogens (tertiary/aromatic N) is 4. The second-order valence-corrected chi connectivity index (χ2v) is 10.8. The normalized spacial score (nSPS) is 17.2. The molecule has 0 unspecified atom stereocenters. The summed E-state index contributed by atoms with van der Waals surface area (Å²) in [6.45, 7) is 7.81. The zero-order chi connectivity index (χ0) is 19.8. The molecule has 0 amide bonds. The van der Waals surface area contributed by atoms with E-state index >= 15 is 0 Å². The van der Waals surface area contributed by atoms with Crippen LogP contribution in [0.15, 0.2) is 10.2 Å². The van der Waals surface area contributed by atoms with Crippen LogP contribution in [0.25, 0.3) is 20.4 Å². The maximum atomic E-state index is 5.59. The summed E-state index contributed by atoms with van der Waals surface area (Å²) in [5.41, 5.74) is 4.08. The number of pyridine rings is 1. The Morgan fingerprint density at radius 1 is 0.966 bits per heavy atom. The minimum absolute atomic E-state index is 0.793. The molecule has 29 heavy (non-hydrogen) atoms. The first kappa shape index (κ1) is 19.8. The Morgan fingerprint density at radius 3 is 2.48 bits per heavy atom. The van der Waals surface area contributed by atoms with Gasteiger partial charge in [-0.3, -0.25) is 0 Å². The van der Waals surface area contributed by atoms with Crippen molar-refractivity contribution in [2.45, 2.75) is 49.7 Å². The third-order valence-electron chi connectivity index (χ3n) is 5.58. The molecule has 154 valence electrons. The van der Waals surface area contributed by atoms with Crippen molar-refractivity contribution >= 4 is 61.1 Å². The number of rotatable bonds is 5. The van der Waals surface area contributed by atoms with E-state index in [4.69, 9.17) is 19.7 Å². The van der Waals surface area contributed by atoms with Gasteiger partial charge in [-0.25, -0.2) is 15.0 Å². The summed E-state index contributed by atoms with van der Waals surface area (Å²) in [7, 11) is 0. The number of aryl methyl sites for hydroxylation is 1. The van der Waals surface area contributed by atoms with E-state index in [0.717, 1.165) is 71.2 Å². The molecule has 0 saturated carbocycles. The van der Waals surface area contributed by atoms with E-state index in [1.807, 2.05) is 11.8 Å². The molecule has 0 aromatic carbocycles. The highest BCUT2D eigenvalue weighted by Gasteiger charge is 2.26. The van der Waals surface area contributed by atoms with Crippen LogP contribution in [0.5, 0.6) is 0 Å². The van der Waals surface area contributed by atoms with Crippen molar-refractivity contribution in [3.63, 3.8) is 0 Å². The third kappa shape index (κ3) is 3.62. The minimum Gasteiger partial charge on any atom is -0.378 e. The molecular formula is C21H26N4OS3. The van der Waals surface area contributed by atoms with Crippen molar-refractivity contribution in [1.82, 2.24) is 15.0 Å². The van der Waals surface area contributed by atoms with E-state index in [1.165, 1.54) is 39.9 Å². The number of thiophene rings is 1. The van der Waals surface area contributed by atoms with Gasteiger partial charge in [-0.2, -0.15) is 0 Å². The topological polar surface area (TPSA) is 51.1 Å². The molecular weight excluding hydrogens is 420 g/mol. The maximum absolute atomic E-state index is 5.59. The van der Waals surface area contributed by atoms with Gasteiger partial charge in [-0.1, -0.05) is 25.6 Å². The molecule has 0 radical (unpaired) electrons. The van der Waals surface area contributed by atoms with Crippen LogP contribution >= 0.6 is 34.9 Å². The van der Waals surface area contributed by atoms with E-state index in [0.29, 0.717) is 0 Å². The number of aromatic nitrogens is 3. The van der Waals surface area contributed by atoms with Gasteiger partial charge in [0, 0.05) is 18.5 Å². The van der Waals surface area contributed by atoms with Crippen LogP contribution in [-0.2, 0) is 17.6 Å². The molecule has 3 aromatic rings. The Morgan fingerprint density at radius 2 is 1.72 bits per heavy atom. The quantitative estimate of drug-likeness (QED) is 0.304. The van der Waals surface area contributed by atoms with E-state index < -0.39 is 0 Å². The Hall–Kier alpha value is -1.09. The average molecular weight is 447 g/mol. The monoisotopic (exact) mass is 446 g/mol. The summed E-state index contributed by atoms with van der Waals surface area (Å²) >= 11 is 5.33. The SMILES string of the molecule is CCSc1nc(SCC)c2sc3nc(N4CCOCC4)c4c(c3c2n1)CCCC4. The highest BCUT2D eigenvalue weighted by molar-refractivity contribution is 8.00. The molecule has 0 bridgehead atoms. The lowest BCUT2D eigenvalue weighted by atomic mass is 9.90. The highest BCUT2D eigenvalue weighted by Crippen LogP contribution is 2.44. The number of hydrogen-bond acceptors (Lipinski definition) is 8. The molecule has 5 nitrogen and oxygen atoms in total. The lowest BCUT2D eigenvalue weighted by Gasteiger charge is -2.31. The molecule has 8 heteroatoms. The smallest absolute Gasteiger partial charge is 0.189 e. The second-order valence-electron chi connectivity index (χ2n) is 7.34. The maximum Gasteiger partial charge on any atom is 0.189 e. The van der Waals surface area contributed by atoms with E-state index in [-0.39, 0.29) is 0 Å². The van der Waals surface area contributed by atoms with Crippen molar-refractivity contribution in [2.24, 2.45) is 0 Å². The van der Waals surface area contributed by atoms with Gasteiger partial charge < -0.3 is 9.64 Å². The summed E-state index contributed by atoms with van der Waals surface area (Å²) in [6, 6.07) is 0. The first-order valence-corrected chi connectivity index (χ1v) is 13.3. The van der Waals surface area contributed by atoms with Crippen molar-refractivity contribution in [3.05, 3.63) is 11.1 Å². The van der Waals surface area contributed by atoms with Crippen LogP contribution in [-0.4, -0.2) is 52.8 Å². The first-order chi connectivity index (χ1) is 14.3. The molecule has 1 saturated heterocycles. The third-order valence-corrected chi connectivity index (χ3v) is 8.37. The fraction of sp³-hybridized carbons (Fsp3) is 0.571. The molecule has 0 spiro atoms. The van der Waals surface area contributed by atoms with Crippen LogP contribution < -0.4 is 4.90 Å². The number of ether oxygens (including phenoxy) is 1. The van der Waals surface area contributed by atoms with Crippen molar-refractivity contribution < 1.29 is 4.74 Å². The van der Waals surface area contributed by atoms with E-state index in [9.17, 15) is 0 Å². The largest absolute Gasteiger partial charge is 0.378 e. The molecule has 2 aliphatic rings. The number of hydrogen-bond donors (Lipinski definition) is 0. The summed E-state index contributed by atoms with van der Waals surface area (Å²) in [4.78, 5) is 18.7. The molecule has 1 fully saturated rings. The number of anilines is 1. The van der Waals surface area contributed by atoms with Crippen molar-refractivity contribution in [2.75, 3.05) is 42.7 Å². The summed E-state index contributed by atoms with van der Waals surface area (Å²) in [5.74, 6) is 3.20. The molecule has 0 atom stereocenters. The predicted molar refractivity (Wildman–Crippen MR) is 125 cm³/mol. The second kappa shape index (κ2) is 8.57. The van der Waals surface area contributed by atoms with E-state index in [1.54, 1.807) is 23.1 Å². The standard InChI is InChI=1S/C21H26N4OS3/c1-3-27-20-17-16(22-21(24-20)28-4-2)15-13-7-5-6-8-14(13)18(23-19(15)29-17)25-9-11-26-12-10-25/h3-12H2,1-2H3.